The molecule has 5 nitrogen and oxygen atoms in total. The first-order valence-corrected chi connectivity index (χ1v) is 7.07. The first-order valence-electron chi connectivity index (χ1n) is 7.07. The quantitative estimate of drug-likeness (QED) is 0.733. The fourth-order valence-corrected chi connectivity index (χ4v) is 1.95. The van der Waals surface area contributed by atoms with Crippen molar-refractivity contribution in [2.24, 2.45) is 0 Å². The van der Waals surface area contributed by atoms with Gasteiger partial charge in [0.15, 0.2) is 0 Å². The summed E-state index contributed by atoms with van der Waals surface area (Å²) < 4.78 is 12.8. The smallest absolute Gasteiger partial charge is 0.232 e. The molecule has 1 aromatic carbocycles. The van der Waals surface area contributed by atoms with Gasteiger partial charge in [-0.15, -0.1) is 0 Å². The topological polar surface area (TPSA) is 62.7 Å². The van der Waals surface area contributed by atoms with Crippen LogP contribution in [0.15, 0.2) is 48.8 Å². The van der Waals surface area contributed by atoms with E-state index in [-0.39, 0.29) is 5.82 Å². The molecule has 0 aliphatic heterocycles. The summed E-state index contributed by atoms with van der Waals surface area (Å²) in [7, 11) is 0. The number of anilines is 2. The maximum absolute atomic E-state index is 12.8. The molecular formula is C17H14FN5. The van der Waals surface area contributed by atoms with Crippen LogP contribution in [0.5, 0.6) is 0 Å². The molecule has 0 saturated heterocycles. The summed E-state index contributed by atoms with van der Waals surface area (Å²) in [4.78, 5) is 11.9. The highest BCUT2D eigenvalue weighted by atomic mass is 19.1. The zero-order valence-electron chi connectivity index (χ0n) is 12.3. The molecule has 0 aliphatic carbocycles. The van der Waals surface area contributed by atoms with Crippen molar-refractivity contribution in [3.05, 3.63) is 78.0 Å². The predicted molar refractivity (Wildman–Crippen MR) is 85.0 cm³/mol. The second-order valence-electron chi connectivity index (χ2n) is 4.84. The highest BCUT2D eigenvalue weighted by Gasteiger charge is 1.98. The summed E-state index contributed by atoms with van der Waals surface area (Å²) in [6.07, 6.45) is 5.32. The van der Waals surface area contributed by atoms with Gasteiger partial charge in [-0.2, -0.15) is 4.98 Å². The summed E-state index contributed by atoms with van der Waals surface area (Å²) in [5, 5.41) is 6.25. The van der Waals surface area contributed by atoms with E-state index in [1.54, 1.807) is 6.07 Å². The molecule has 0 aliphatic rings. The minimum absolute atomic E-state index is 0.342. The number of hydrogen-bond acceptors (Lipinski definition) is 5. The van der Waals surface area contributed by atoms with Crippen LogP contribution in [0.2, 0.25) is 0 Å². The molecule has 0 spiro atoms. The lowest BCUT2D eigenvalue weighted by Crippen LogP contribution is -2.04. The van der Waals surface area contributed by atoms with Crippen LogP contribution in [0.3, 0.4) is 0 Å². The van der Waals surface area contributed by atoms with E-state index in [1.807, 2.05) is 24.3 Å². The Morgan fingerprint density at radius 3 is 2.26 bits per heavy atom. The number of benzene rings is 1. The Morgan fingerprint density at radius 1 is 0.913 bits per heavy atom. The Morgan fingerprint density at radius 2 is 1.65 bits per heavy atom. The maximum atomic E-state index is 12.8. The van der Waals surface area contributed by atoms with Gasteiger partial charge in [-0.05, 0) is 29.3 Å². The minimum atomic E-state index is -0.342. The number of pyridine rings is 1. The number of nitrogens with zero attached hydrogens (tertiary/aromatic N) is 3. The van der Waals surface area contributed by atoms with Crippen molar-refractivity contribution in [2.45, 2.75) is 13.1 Å². The van der Waals surface area contributed by atoms with Crippen molar-refractivity contribution >= 4 is 11.8 Å². The van der Waals surface area contributed by atoms with Crippen LogP contribution in [0.4, 0.5) is 16.2 Å². The fraction of sp³-hybridized carbons (Fsp3) is 0.118. The van der Waals surface area contributed by atoms with E-state index < -0.39 is 0 Å². The molecule has 3 rings (SSSR count). The Kier molecular flexibility index (Phi) is 4.60. The molecule has 23 heavy (non-hydrogen) atoms. The molecule has 6 heteroatoms. The summed E-state index contributed by atoms with van der Waals surface area (Å²) >= 11 is 0. The van der Waals surface area contributed by atoms with Gasteiger partial charge < -0.3 is 10.6 Å². The summed E-state index contributed by atoms with van der Waals surface area (Å²) in [5.41, 5.74) is 2.23. The highest BCUT2D eigenvalue weighted by Crippen LogP contribution is 2.09. The first-order chi connectivity index (χ1) is 11.3. The molecule has 0 bridgehead atoms. The van der Waals surface area contributed by atoms with Gasteiger partial charge in [0.25, 0.3) is 0 Å². The molecule has 3 aromatic rings. The monoisotopic (exact) mass is 307 g/mol. The Hall–Kier alpha value is -3.20. The molecule has 2 aromatic heterocycles. The van der Waals surface area contributed by atoms with Gasteiger partial charge in [-0.1, -0.05) is 24.3 Å². The molecule has 114 valence electrons. The van der Waals surface area contributed by atoms with E-state index in [4.69, 9.17) is 0 Å². The van der Waals surface area contributed by atoms with Crippen LogP contribution in [0, 0.1) is 18.1 Å². The molecule has 2 heterocycles. The molecular weight excluding hydrogens is 293 g/mol. The van der Waals surface area contributed by atoms with Crippen molar-refractivity contribution in [3.8, 4) is 0 Å². The van der Waals surface area contributed by atoms with Gasteiger partial charge in [0.2, 0.25) is 5.95 Å². The lowest BCUT2D eigenvalue weighted by molar-refractivity contribution is 0.621. The van der Waals surface area contributed by atoms with Crippen LogP contribution >= 0.6 is 0 Å². The van der Waals surface area contributed by atoms with Crippen LogP contribution in [0.25, 0.3) is 0 Å². The molecule has 0 unspecified atom stereocenters. The molecule has 0 saturated carbocycles. The lowest BCUT2D eigenvalue weighted by Gasteiger charge is -2.07. The van der Waals surface area contributed by atoms with Crippen LogP contribution in [0.1, 0.15) is 11.1 Å². The average molecular weight is 307 g/mol. The van der Waals surface area contributed by atoms with E-state index in [0.29, 0.717) is 24.9 Å². The third kappa shape index (κ3) is 4.38. The largest absolute Gasteiger partial charge is 0.366 e. The van der Waals surface area contributed by atoms with Gasteiger partial charge in [-0.3, -0.25) is 0 Å². The normalized spacial score (nSPS) is 9.96. The van der Waals surface area contributed by atoms with E-state index in [9.17, 15) is 4.39 Å². The summed E-state index contributed by atoms with van der Waals surface area (Å²) in [5.74, 6) is 0.827. The van der Waals surface area contributed by atoms with E-state index in [2.05, 4.69) is 37.8 Å². The highest BCUT2D eigenvalue weighted by molar-refractivity contribution is 5.36. The van der Waals surface area contributed by atoms with Crippen molar-refractivity contribution in [1.82, 2.24) is 15.0 Å². The standard InChI is InChI=1S/C17H14FN5/c18-15-6-7-16(22-12-15)21-10-13-2-4-14(5-3-13)11-23-17-19-8-1-9-20-17/h2-8,12H,10-11H2,(H,21,22)(H,19,20,23). The van der Waals surface area contributed by atoms with Crippen LogP contribution < -0.4 is 10.6 Å². The van der Waals surface area contributed by atoms with Crippen molar-refractivity contribution < 1.29 is 4.39 Å². The van der Waals surface area contributed by atoms with Crippen LogP contribution in [-0.4, -0.2) is 15.0 Å². The Balaban J connectivity index is 1.51. The van der Waals surface area contributed by atoms with Gasteiger partial charge in [0.05, 0.1) is 12.4 Å². The number of rotatable bonds is 6. The molecule has 0 amide bonds. The average Bonchev–Trinajstić information content (AvgIpc) is 2.61. The predicted octanol–water partition coefficient (Wildman–Crippen LogP) is 2.84. The van der Waals surface area contributed by atoms with Crippen molar-refractivity contribution in [2.75, 3.05) is 10.6 Å². The molecule has 2 N–H and O–H groups in total. The minimum Gasteiger partial charge on any atom is -0.366 e. The van der Waals surface area contributed by atoms with Gasteiger partial charge in [0.1, 0.15) is 11.6 Å². The van der Waals surface area contributed by atoms with E-state index in [1.165, 1.54) is 18.5 Å². The van der Waals surface area contributed by atoms with Gasteiger partial charge in [-0.25, -0.2) is 14.4 Å². The second kappa shape index (κ2) is 7.18. The zero-order valence-corrected chi connectivity index (χ0v) is 12.3. The molecule has 0 atom stereocenters. The van der Waals surface area contributed by atoms with E-state index >= 15 is 0 Å². The van der Waals surface area contributed by atoms with E-state index in [0.717, 1.165) is 11.1 Å². The number of nitrogens with one attached hydrogen (secondary N) is 2. The maximum Gasteiger partial charge on any atom is 0.232 e. The van der Waals surface area contributed by atoms with Crippen molar-refractivity contribution in [1.29, 1.82) is 0 Å². The fourth-order valence-electron chi connectivity index (χ4n) is 1.95. The number of halogens is 1. The van der Waals surface area contributed by atoms with Crippen LogP contribution in [-0.2, 0) is 13.1 Å². The first kappa shape index (κ1) is 14.7. The van der Waals surface area contributed by atoms with Crippen molar-refractivity contribution in [3.63, 3.8) is 0 Å². The lowest BCUT2D eigenvalue weighted by atomic mass is 10.1. The Bertz CT molecular complexity index is 729. The van der Waals surface area contributed by atoms with Gasteiger partial charge >= 0.3 is 0 Å². The third-order valence-electron chi connectivity index (χ3n) is 3.15. The number of aromatic nitrogens is 3. The second-order valence-corrected chi connectivity index (χ2v) is 4.84. The number of hydrogen-bond donors (Lipinski definition) is 2. The summed E-state index contributed by atoms with van der Waals surface area (Å²) in [6, 6.07) is 13.8. The van der Waals surface area contributed by atoms with Gasteiger partial charge in [0, 0.05) is 19.3 Å². The zero-order chi connectivity index (χ0) is 15.9. The molecule has 0 radical (unpaired) electrons. The third-order valence-corrected chi connectivity index (χ3v) is 3.15. The molecule has 0 fully saturated rings. The Labute approximate surface area is 133 Å². The summed E-state index contributed by atoms with van der Waals surface area (Å²) in [6.45, 7) is 1.25. The SMILES string of the molecule is Fc1ccc(NCc2ccc(CNc3nc#ccn3)cc2)nc1.